The van der Waals surface area contributed by atoms with E-state index >= 15 is 0 Å². The lowest BCUT2D eigenvalue weighted by molar-refractivity contribution is -0.137. The van der Waals surface area contributed by atoms with Crippen LogP contribution in [0.1, 0.15) is 11.1 Å². The molecule has 2 rings (SSSR count). The summed E-state index contributed by atoms with van der Waals surface area (Å²) in [5.41, 5.74) is -1.92. The highest BCUT2D eigenvalue weighted by molar-refractivity contribution is 7.93. The minimum Gasteiger partial charge on any atom is -0.244 e. The zero-order valence-electron chi connectivity index (χ0n) is 11.0. The summed E-state index contributed by atoms with van der Waals surface area (Å²) < 4.78 is 64.2. The Hall–Kier alpha value is -2.12. The number of hydrogen-bond donors (Lipinski definition) is 0. The summed E-state index contributed by atoms with van der Waals surface area (Å²) in [6.07, 6.45) is -3.44. The molecule has 0 aliphatic carbocycles. The molecule has 1 heterocycles. The van der Waals surface area contributed by atoms with Crippen molar-refractivity contribution in [2.75, 3.05) is 11.4 Å². The number of nitrogens with zero attached hydrogens (tertiary/aromatic N) is 3. The Bertz CT molecular complexity index is 824. The molecule has 1 aromatic heterocycles. The van der Waals surface area contributed by atoms with Crippen molar-refractivity contribution < 1.29 is 21.6 Å². The normalized spacial score (nSPS) is 12.0. The second-order valence-corrected chi connectivity index (χ2v) is 6.95. The molecule has 0 atom stereocenters. The maximum atomic E-state index is 12.9. The van der Waals surface area contributed by atoms with Crippen LogP contribution in [0.2, 0.25) is 0 Å². The summed E-state index contributed by atoms with van der Waals surface area (Å²) in [6.45, 7) is 0. The lowest BCUT2D eigenvalue weighted by Gasteiger charge is -2.17. The maximum Gasteiger partial charge on any atom is 0.417 e. The molecule has 0 saturated carbocycles. The van der Waals surface area contributed by atoms with Crippen LogP contribution >= 0.6 is 11.3 Å². The molecule has 0 bridgehead atoms. The van der Waals surface area contributed by atoms with Crippen LogP contribution in [0, 0.1) is 11.3 Å². The van der Waals surface area contributed by atoms with E-state index in [0.29, 0.717) is 6.07 Å². The highest BCUT2D eigenvalue weighted by Crippen LogP contribution is 2.34. The highest BCUT2D eigenvalue weighted by atomic mass is 32.2. The zero-order valence-corrected chi connectivity index (χ0v) is 12.6. The Morgan fingerprint density at radius 2 is 2.05 bits per heavy atom. The third kappa shape index (κ3) is 2.90. The van der Waals surface area contributed by atoms with E-state index in [-0.39, 0.29) is 5.13 Å². The van der Waals surface area contributed by atoms with E-state index < -0.39 is 32.2 Å². The zero-order chi connectivity index (χ0) is 16.5. The Morgan fingerprint density at radius 1 is 1.36 bits per heavy atom. The first-order valence-electron chi connectivity index (χ1n) is 5.67. The number of aromatic nitrogens is 1. The van der Waals surface area contributed by atoms with Crippen molar-refractivity contribution in [3.63, 3.8) is 0 Å². The second-order valence-electron chi connectivity index (χ2n) is 4.10. The van der Waals surface area contributed by atoms with Gasteiger partial charge in [0, 0.05) is 18.6 Å². The summed E-state index contributed by atoms with van der Waals surface area (Å²) in [4.78, 5) is 3.24. The first-order valence-corrected chi connectivity index (χ1v) is 7.99. The van der Waals surface area contributed by atoms with Crippen LogP contribution in [-0.4, -0.2) is 20.4 Å². The largest absolute Gasteiger partial charge is 0.417 e. The van der Waals surface area contributed by atoms with Gasteiger partial charge in [-0.25, -0.2) is 17.7 Å². The number of sulfonamides is 1. The van der Waals surface area contributed by atoms with Crippen molar-refractivity contribution in [3.8, 4) is 6.07 Å². The second kappa shape index (κ2) is 5.58. The molecule has 0 amide bonds. The van der Waals surface area contributed by atoms with E-state index in [9.17, 15) is 21.6 Å². The average Bonchev–Trinajstić information content (AvgIpc) is 2.98. The van der Waals surface area contributed by atoms with Gasteiger partial charge >= 0.3 is 6.18 Å². The van der Waals surface area contributed by atoms with Crippen LogP contribution in [0.25, 0.3) is 0 Å². The summed E-state index contributed by atoms with van der Waals surface area (Å²) in [6, 6.07) is 3.66. The lowest BCUT2D eigenvalue weighted by Crippen LogP contribution is -2.26. The highest BCUT2D eigenvalue weighted by Gasteiger charge is 2.35. The number of thiazole rings is 1. The average molecular weight is 347 g/mol. The van der Waals surface area contributed by atoms with Gasteiger partial charge in [0.05, 0.1) is 22.1 Å². The Morgan fingerprint density at radius 3 is 2.55 bits per heavy atom. The van der Waals surface area contributed by atoms with Crippen molar-refractivity contribution in [1.82, 2.24) is 4.98 Å². The van der Waals surface area contributed by atoms with Crippen LogP contribution in [0.3, 0.4) is 0 Å². The van der Waals surface area contributed by atoms with Crippen LogP contribution in [0.15, 0.2) is 34.7 Å². The predicted octanol–water partition coefficient (Wildman–Crippen LogP) is 2.86. The summed E-state index contributed by atoms with van der Waals surface area (Å²) >= 11 is 1.03. The third-order valence-electron chi connectivity index (χ3n) is 2.76. The quantitative estimate of drug-likeness (QED) is 0.856. The van der Waals surface area contributed by atoms with Crippen molar-refractivity contribution >= 4 is 26.5 Å². The molecule has 0 aliphatic heterocycles. The fraction of sp³-hybridized carbons (Fsp3) is 0.167. The van der Waals surface area contributed by atoms with Gasteiger partial charge < -0.3 is 0 Å². The minimum absolute atomic E-state index is 0.123. The molecule has 5 nitrogen and oxygen atoms in total. The smallest absolute Gasteiger partial charge is 0.244 e. The third-order valence-corrected chi connectivity index (χ3v) is 5.47. The number of halogens is 3. The van der Waals surface area contributed by atoms with Crippen LogP contribution in [0.4, 0.5) is 18.3 Å². The van der Waals surface area contributed by atoms with Crippen molar-refractivity contribution in [3.05, 3.63) is 40.9 Å². The molecule has 0 unspecified atom stereocenters. The molecule has 0 saturated heterocycles. The molecule has 2 aromatic rings. The van der Waals surface area contributed by atoms with Crippen LogP contribution in [0.5, 0.6) is 0 Å². The summed E-state index contributed by atoms with van der Waals surface area (Å²) in [7, 11) is -3.00. The Kier molecular flexibility index (Phi) is 4.12. The van der Waals surface area contributed by atoms with E-state index in [4.69, 9.17) is 5.26 Å². The SMILES string of the molecule is CN(c1nccs1)S(=O)(=O)c1ccc(C#N)c(C(F)(F)F)c1. The monoisotopic (exact) mass is 347 g/mol. The Balaban J connectivity index is 2.56. The van der Waals surface area contributed by atoms with E-state index in [1.165, 1.54) is 19.3 Å². The van der Waals surface area contributed by atoms with Gasteiger partial charge in [-0.15, -0.1) is 11.3 Å². The van der Waals surface area contributed by atoms with Gasteiger partial charge in [0.25, 0.3) is 10.0 Å². The molecule has 116 valence electrons. The summed E-state index contributed by atoms with van der Waals surface area (Å²) in [5.74, 6) is 0. The molecular weight excluding hydrogens is 339 g/mol. The molecule has 0 radical (unpaired) electrons. The number of hydrogen-bond acceptors (Lipinski definition) is 5. The first kappa shape index (κ1) is 16.3. The predicted molar refractivity (Wildman–Crippen MR) is 73.9 cm³/mol. The maximum absolute atomic E-state index is 12.9. The van der Waals surface area contributed by atoms with Crippen LogP contribution < -0.4 is 4.31 Å². The van der Waals surface area contributed by atoms with E-state index in [1.807, 2.05) is 0 Å². The van der Waals surface area contributed by atoms with E-state index in [2.05, 4.69) is 4.98 Å². The van der Waals surface area contributed by atoms with Crippen molar-refractivity contribution in [1.29, 1.82) is 5.26 Å². The molecule has 0 fully saturated rings. The summed E-state index contributed by atoms with van der Waals surface area (Å²) in [5, 5.41) is 10.4. The fourth-order valence-electron chi connectivity index (χ4n) is 1.65. The van der Waals surface area contributed by atoms with Gasteiger partial charge in [-0.2, -0.15) is 18.4 Å². The molecule has 0 aliphatic rings. The molecular formula is C12H8F3N3O2S2. The van der Waals surface area contributed by atoms with E-state index in [0.717, 1.165) is 27.8 Å². The fourth-order valence-corrected chi connectivity index (χ4v) is 3.66. The Labute approximate surface area is 128 Å². The number of benzene rings is 1. The first-order chi connectivity index (χ1) is 10.2. The number of alkyl halides is 3. The molecule has 0 spiro atoms. The van der Waals surface area contributed by atoms with Gasteiger partial charge in [-0.3, -0.25) is 0 Å². The lowest BCUT2D eigenvalue weighted by atomic mass is 10.1. The van der Waals surface area contributed by atoms with E-state index in [1.54, 1.807) is 5.38 Å². The topological polar surface area (TPSA) is 74.1 Å². The number of nitriles is 1. The molecule has 1 aromatic carbocycles. The minimum atomic E-state index is -4.82. The number of rotatable bonds is 3. The molecule has 0 N–H and O–H groups in total. The van der Waals surface area contributed by atoms with Crippen LogP contribution in [-0.2, 0) is 16.2 Å². The molecule has 22 heavy (non-hydrogen) atoms. The van der Waals surface area contributed by atoms with Gasteiger partial charge in [-0.05, 0) is 18.2 Å². The van der Waals surface area contributed by atoms with Gasteiger partial charge in [0.15, 0.2) is 5.13 Å². The van der Waals surface area contributed by atoms with Crippen molar-refractivity contribution in [2.45, 2.75) is 11.1 Å². The van der Waals surface area contributed by atoms with Gasteiger partial charge in [-0.1, -0.05) is 0 Å². The standard InChI is InChI=1S/C12H8F3N3O2S2/c1-18(11-17-4-5-21-11)22(19,20)9-3-2-8(7-16)10(6-9)12(13,14)15/h2-6H,1H3. The molecule has 10 heteroatoms. The van der Waals surface area contributed by atoms with Gasteiger partial charge in [0.2, 0.25) is 0 Å². The number of anilines is 1. The van der Waals surface area contributed by atoms with Gasteiger partial charge in [0.1, 0.15) is 0 Å². The van der Waals surface area contributed by atoms with Crippen molar-refractivity contribution in [2.24, 2.45) is 0 Å².